The lowest BCUT2D eigenvalue weighted by Crippen LogP contribution is -2.50. The molecule has 1 aromatic heterocycles. The van der Waals surface area contributed by atoms with Crippen molar-refractivity contribution in [2.24, 2.45) is 16.6 Å². The van der Waals surface area contributed by atoms with Crippen molar-refractivity contribution in [3.63, 3.8) is 0 Å². The smallest absolute Gasteiger partial charge is 0.220 e. The molecule has 2 N–H and O–H groups in total. The quantitative estimate of drug-likeness (QED) is 0.737. The summed E-state index contributed by atoms with van der Waals surface area (Å²) in [5.74, 6) is 1.69. The Balaban J connectivity index is 1.70. The van der Waals surface area contributed by atoms with E-state index in [-0.39, 0.29) is 11.6 Å². The van der Waals surface area contributed by atoms with Gasteiger partial charge in [-0.1, -0.05) is 24.2 Å². The molecule has 2 aromatic rings. The van der Waals surface area contributed by atoms with Gasteiger partial charge in [-0.3, -0.25) is 4.99 Å². The maximum absolute atomic E-state index is 14.3. The van der Waals surface area contributed by atoms with Crippen LogP contribution in [0, 0.1) is 11.9 Å². The van der Waals surface area contributed by atoms with E-state index >= 15 is 0 Å². The molecule has 3 atom stereocenters. The number of hydrogen-bond acceptors (Lipinski definition) is 5. The summed E-state index contributed by atoms with van der Waals surface area (Å²) >= 11 is 1.62. The van der Waals surface area contributed by atoms with Crippen LogP contribution in [0.4, 0.5) is 4.39 Å². The van der Waals surface area contributed by atoms with Crippen molar-refractivity contribution >= 4 is 16.9 Å². The monoisotopic (exact) mass is 383 g/mol. The predicted molar refractivity (Wildman–Crippen MR) is 106 cm³/mol. The number of nitrogens with zero attached hydrogens (tertiary/aromatic N) is 2. The second-order valence-corrected chi connectivity index (χ2v) is 8.69. The van der Waals surface area contributed by atoms with E-state index in [4.69, 9.17) is 15.5 Å². The maximum Gasteiger partial charge on any atom is 0.220 e. The standard InChI is InChI=1S/C21H22FN3OS/c22-19-14(4-3-10-24-19)13-7-8-18-16(12-13)21(9-11-27-20(23)25-21)15-5-1-2-6-17(15)26-18/h3-4,7-8,10,12,15,17H,1-2,5-6,9,11H2,(H2,23,25)/t15-,17?,21?/m1/s1. The van der Waals surface area contributed by atoms with Crippen molar-refractivity contribution < 1.29 is 9.13 Å². The minimum absolute atomic E-state index is 0.187. The Labute approximate surface area is 162 Å². The number of pyridine rings is 1. The molecule has 6 heteroatoms. The van der Waals surface area contributed by atoms with Gasteiger partial charge in [0, 0.05) is 29.0 Å². The molecule has 5 rings (SSSR count). The Morgan fingerprint density at radius 1 is 1.22 bits per heavy atom. The molecule has 2 unspecified atom stereocenters. The first-order chi connectivity index (χ1) is 13.2. The molecule has 0 amide bonds. The Kier molecular flexibility index (Phi) is 4.11. The van der Waals surface area contributed by atoms with Crippen LogP contribution in [-0.4, -0.2) is 22.0 Å². The van der Waals surface area contributed by atoms with Gasteiger partial charge in [0.15, 0.2) is 5.17 Å². The van der Waals surface area contributed by atoms with E-state index in [1.165, 1.54) is 19.0 Å². The highest BCUT2D eigenvalue weighted by molar-refractivity contribution is 8.13. The molecular weight excluding hydrogens is 361 g/mol. The summed E-state index contributed by atoms with van der Waals surface area (Å²) in [6.07, 6.45) is 7.14. The van der Waals surface area contributed by atoms with Gasteiger partial charge < -0.3 is 10.5 Å². The minimum atomic E-state index is -0.457. The lowest BCUT2D eigenvalue weighted by atomic mass is 9.66. The van der Waals surface area contributed by atoms with Crippen LogP contribution in [0.15, 0.2) is 41.5 Å². The Morgan fingerprint density at radius 3 is 2.96 bits per heavy atom. The van der Waals surface area contributed by atoms with Gasteiger partial charge in [0.05, 0.1) is 5.54 Å². The van der Waals surface area contributed by atoms with Gasteiger partial charge in [0.2, 0.25) is 5.95 Å². The zero-order chi connectivity index (χ0) is 18.4. The maximum atomic E-state index is 14.3. The van der Waals surface area contributed by atoms with E-state index in [2.05, 4.69) is 4.98 Å². The minimum Gasteiger partial charge on any atom is -0.490 e. The molecule has 1 spiro atoms. The fourth-order valence-corrected chi connectivity index (χ4v) is 5.80. The molecule has 0 bridgehead atoms. The van der Waals surface area contributed by atoms with E-state index < -0.39 is 5.95 Å². The van der Waals surface area contributed by atoms with Crippen LogP contribution in [0.1, 0.15) is 37.7 Å². The number of ether oxygens (including phenoxy) is 1. The summed E-state index contributed by atoms with van der Waals surface area (Å²) in [6.45, 7) is 0. The molecule has 3 aliphatic rings. The van der Waals surface area contributed by atoms with Gasteiger partial charge >= 0.3 is 0 Å². The largest absolute Gasteiger partial charge is 0.490 e. The topological polar surface area (TPSA) is 60.5 Å². The number of thioether (sulfide) groups is 1. The van der Waals surface area contributed by atoms with Gasteiger partial charge in [-0.05, 0) is 55.5 Å². The Bertz CT molecular complexity index is 918. The lowest BCUT2D eigenvalue weighted by molar-refractivity contribution is 0.0158. The fraction of sp³-hybridized carbons (Fsp3) is 0.429. The van der Waals surface area contributed by atoms with Crippen molar-refractivity contribution in [2.45, 2.75) is 43.7 Å². The highest BCUT2D eigenvalue weighted by Crippen LogP contribution is 2.54. The Hall–Kier alpha value is -2.08. The molecule has 27 heavy (non-hydrogen) atoms. The van der Waals surface area contributed by atoms with Crippen molar-refractivity contribution in [3.05, 3.63) is 48.0 Å². The van der Waals surface area contributed by atoms with E-state index in [0.29, 0.717) is 16.6 Å². The third-order valence-corrected chi connectivity index (χ3v) is 6.95. The van der Waals surface area contributed by atoms with Crippen LogP contribution in [0.3, 0.4) is 0 Å². The summed E-state index contributed by atoms with van der Waals surface area (Å²) in [6, 6.07) is 9.46. The van der Waals surface area contributed by atoms with Crippen molar-refractivity contribution in [1.82, 2.24) is 4.98 Å². The first-order valence-electron chi connectivity index (χ1n) is 9.57. The molecule has 2 aliphatic heterocycles. The van der Waals surface area contributed by atoms with E-state index in [1.54, 1.807) is 23.9 Å². The number of benzene rings is 1. The third-order valence-electron chi connectivity index (χ3n) is 6.15. The van der Waals surface area contributed by atoms with Crippen molar-refractivity contribution in [2.75, 3.05) is 5.75 Å². The lowest BCUT2D eigenvalue weighted by Gasteiger charge is -2.50. The van der Waals surface area contributed by atoms with Crippen LogP contribution in [0.2, 0.25) is 0 Å². The second-order valence-electron chi connectivity index (χ2n) is 7.57. The molecule has 0 radical (unpaired) electrons. The molecule has 1 saturated carbocycles. The molecule has 1 fully saturated rings. The van der Waals surface area contributed by atoms with Crippen LogP contribution in [0.5, 0.6) is 5.75 Å². The number of halogens is 1. The molecule has 4 nitrogen and oxygen atoms in total. The predicted octanol–water partition coefficient (Wildman–Crippen LogP) is 4.49. The SMILES string of the molecule is NC1=NC2(CCS1)c1cc(-c3cccnc3F)ccc1OC1CCCC[C@H]12. The zero-order valence-electron chi connectivity index (χ0n) is 15.0. The number of rotatable bonds is 1. The van der Waals surface area contributed by atoms with Crippen LogP contribution in [0.25, 0.3) is 11.1 Å². The van der Waals surface area contributed by atoms with Gasteiger partial charge in [-0.15, -0.1) is 0 Å². The average Bonchev–Trinajstić information content (AvgIpc) is 2.69. The molecule has 140 valence electrons. The highest BCUT2D eigenvalue weighted by Gasteiger charge is 2.51. The summed E-state index contributed by atoms with van der Waals surface area (Å²) in [4.78, 5) is 8.82. The normalized spacial score (nSPS) is 29.4. The average molecular weight is 383 g/mol. The Morgan fingerprint density at radius 2 is 2.11 bits per heavy atom. The summed E-state index contributed by atoms with van der Waals surface area (Å²) < 4.78 is 20.7. The molecule has 3 heterocycles. The zero-order valence-corrected chi connectivity index (χ0v) is 15.8. The highest BCUT2D eigenvalue weighted by atomic mass is 32.2. The summed E-state index contributed by atoms with van der Waals surface area (Å²) in [7, 11) is 0. The van der Waals surface area contributed by atoms with E-state index in [9.17, 15) is 4.39 Å². The second kappa shape index (κ2) is 6.51. The van der Waals surface area contributed by atoms with Gasteiger partial charge in [0.25, 0.3) is 0 Å². The number of aliphatic imine (C=N–C) groups is 1. The summed E-state index contributed by atoms with van der Waals surface area (Å²) in [5, 5.41) is 0.649. The first-order valence-corrected chi connectivity index (χ1v) is 10.6. The van der Waals surface area contributed by atoms with Crippen molar-refractivity contribution in [3.8, 4) is 16.9 Å². The van der Waals surface area contributed by atoms with Gasteiger partial charge in [-0.2, -0.15) is 4.39 Å². The molecule has 1 aliphatic carbocycles. The number of aromatic nitrogens is 1. The number of nitrogens with two attached hydrogens (primary N) is 1. The first kappa shape index (κ1) is 17.0. The fourth-order valence-electron chi connectivity index (χ4n) is 4.95. The van der Waals surface area contributed by atoms with Crippen LogP contribution in [-0.2, 0) is 5.54 Å². The van der Waals surface area contributed by atoms with E-state index in [1.807, 2.05) is 18.2 Å². The number of hydrogen-bond donors (Lipinski definition) is 1. The number of fused-ring (bicyclic) bond motifs is 4. The number of amidine groups is 1. The third kappa shape index (κ3) is 2.73. The van der Waals surface area contributed by atoms with Crippen molar-refractivity contribution in [1.29, 1.82) is 0 Å². The van der Waals surface area contributed by atoms with Gasteiger partial charge in [-0.25, -0.2) is 4.98 Å². The van der Waals surface area contributed by atoms with Crippen LogP contribution < -0.4 is 10.5 Å². The van der Waals surface area contributed by atoms with E-state index in [0.717, 1.165) is 41.9 Å². The van der Waals surface area contributed by atoms with Crippen LogP contribution >= 0.6 is 11.8 Å². The summed E-state index contributed by atoms with van der Waals surface area (Å²) in [5.41, 5.74) is 8.20. The van der Waals surface area contributed by atoms with Gasteiger partial charge in [0.1, 0.15) is 11.9 Å². The molecular formula is C21H22FN3OS. The molecule has 1 aromatic carbocycles. The molecule has 0 saturated heterocycles.